The molecule has 0 aliphatic heterocycles. The molecule has 0 saturated heterocycles. The summed E-state index contributed by atoms with van der Waals surface area (Å²) >= 11 is 0. The number of aryl methyl sites for hydroxylation is 1. The first-order chi connectivity index (χ1) is 21.6. The van der Waals surface area contributed by atoms with Crippen LogP contribution in [-0.2, 0) is 17.3 Å². The van der Waals surface area contributed by atoms with Crippen molar-refractivity contribution in [2.75, 3.05) is 6.79 Å². The second kappa shape index (κ2) is 15.5. The maximum atomic E-state index is 6.73. The van der Waals surface area contributed by atoms with Crippen LogP contribution in [0.3, 0.4) is 0 Å². The van der Waals surface area contributed by atoms with Crippen LogP contribution in [0.15, 0.2) is 34.3 Å². The summed E-state index contributed by atoms with van der Waals surface area (Å²) in [6, 6.07) is 9.89. The molecule has 2 fully saturated rings. The van der Waals surface area contributed by atoms with Crippen molar-refractivity contribution in [3.05, 3.63) is 57.6 Å². The lowest BCUT2D eigenvalue weighted by molar-refractivity contribution is 0.116. The largest absolute Gasteiger partial charge is 0.457 e. The zero-order chi connectivity index (χ0) is 33.6. The fourth-order valence-corrected chi connectivity index (χ4v) is 7.18. The van der Waals surface area contributed by atoms with Crippen molar-refractivity contribution in [2.24, 2.45) is 27.7 Å². The van der Waals surface area contributed by atoms with Crippen LogP contribution in [0.5, 0.6) is 11.5 Å². The molecule has 2 aliphatic rings. The van der Waals surface area contributed by atoms with Crippen LogP contribution in [0.4, 0.5) is 0 Å². The third-order valence-corrected chi connectivity index (χ3v) is 10.1. The molecular weight excluding hydrogens is 564 g/mol. The SMILES string of the molecule is Cc1cc(/C=N/C2CCCCC2C)c(OCOc2c(/C=N/C3CCCCC3C)cc(C(C)(C)C)cc2C(C)(C)C)c(CC(C)C)c1. The van der Waals surface area contributed by atoms with E-state index in [9.17, 15) is 0 Å². The maximum absolute atomic E-state index is 6.73. The third kappa shape index (κ3) is 9.71. The Kier molecular flexibility index (Phi) is 12.2. The van der Waals surface area contributed by atoms with Crippen molar-refractivity contribution in [1.29, 1.82) is 0 Å². The molecule has 2 saturated carbocycles. The number of hydrogen-bond acceptors (Lipinski definition) is 4. The van der Waals surface area contributed by atoms with Gasteiger partial charge in [0.2, 0.25) is 6.79 Å². The minimum absolute atomic E-state index is 0.00740. The summed E-state index contributed by atoms with van der Waals surface area (Å²) in [7, 11) is 0. The molecule has 0 aromatic heterocycles. The van der Waals surface area contributed by atoms with E-state index in [0.29, 0.717) is 29.8 Å². The summed E-state index contributed by atoms with van der Waals surface area (Å²) in [6.07, 6.45) is 15.2. The molecule has 4 unspecified atom stereocenters. The first-order valence-electron chi connectivity index (χ1n) is 18.3. The van der Waals surface area contributed by atoms with Crippen molar-refractivity contribution >= 4 is 12.4 Å². The molecule has 0 spiro atoms. The highest BCUT2D eigenvalue weighted by Crippen LogP contribution is 2.39. The van der Waals surface area contributed by atoms with Crippen molar-refractivity contribution in [2.45, 2.75) is 157 Å². The van der Waals surface area contributed by atoms with E-state index in [1.807, 2.05) is 0 Å². The van der Waals surface area contributed by atoms with Gasteiger partial charge in [0.25, 0.3) is 0 Å². The van der Waals surface area contributed by atoms with Gasteiger partial charge in [-0.1, -0.05) is 107 Å². The van der Waals surface area contributed by atoms with Crippen LogP contribution >= 0.6 is 0 Å². The summed E-state index contributed by atoms with van der Waals surface area (Å²) in [4.78, 5) is 10.3. The summed E-state index contributed by atoms with van der Waals surface area (Å²) in [5.41, 5.74) is 6.97. The second-order valence-corrected chi connectivity index (χ2v) is 17.0. The molecular formula is C42H64N2O2. The molecule has 0 N–H and O–H groups in total. The molecule has 0 radical (unpaired) electrons. The quantitative estimate of drug-likeness (QED) is 0.194. The molecule has 0 amide bonds. The average Bonchev–Trinajstić information content (AvgIpc) is 2.96. The lowest BCUT2D eigenvalue weighted by Gasteiger charge is -2.29. The van der Waals surface area contributed by atoms with Gasteiger partial charge in [0.15, 0.2) is 0 Å². The normalized spacial score (nSPS) is 23.0. The Morgan fingerprint density at radius 3 is 1.74 bits per heavy atom. The Morgan fingerprint density at radius 2 is 1.24 bits per heavy atom. The lowest BCUT2D eigenvalue weighted by atomic mass is 9.79. The summed E-state index contributed by atoms with van der Waals surface area (Å²) in [6.45, 7) is 25.2. The topological polar surface area (TPSA) is 43.2 Å². The zero-order valence-electron chi connectivity index (χ0n) is 31.1. The van der Waals surface area contributed by atoms with E-state index >= 15 is 0 Å². The summed E-state index contributed by atoms with van der Waals surface area (Å²) < 4.78 is 13.4. The van der Waals surface area contributed by atoms with Gasteiger partial charge >= 0.3 is 0 Å². The molecule has 2 aliphatic carbocycles. The Labute approximate surface area is 281 Å². The Bertz CT molecular complexity index is 1360. The molecule has 4 atom stereocenters. The van der Waals surface area contributed by atoms with Crippen LogP contribution in [0.25, 0.3) is 0 Å². The van der Waals surface area contributed by atoms with E-state index in [1.165, 1.54) is 67.2 Å². The van der Waals surface area contributed by atoms with Crippen molar-refractivity contribution in [3.8, 4) is 11.5 Å². The standard InChI is InChI=1S/C42H64N2O2/c1-28(2)20-32-21-29(3)22-33(25-43-37-18-14-12-16-30(37)4)39(32)45-27-46-40-34(26-44-38-19-15-13-17-31(38)5)23-35(41(6,7)8)24-36(40)42(9,10)11/h21-26,28,30-31,37-38H,12-20,27H2,1-11H3/b43-25+,44-26+. The van der Waals surface area contributed by atoms with Gasteiger partial charge < -0.3 is 9.47 Å². The van der Waals surface area contributed by atoms with Gasteiger partial charge in [-0.25, -0.2) is 0 Å². The van der Waals surface area contributed by atoms with Gasteiger partial charge in [0, 0.05) is 29.1 Å². The molecule has 46 heavy (non-hydrogen) atoms. The Balaban J connectivity index is 1.70. The average molecular weight is 629 g/mol. The fraction of sp³-hybridized carbons (Fsp3) is 0.667. The van der Waals surface area contributed by atoms with E-state index in [-0.39, 0.29) is 17.6 Å². The van der Waals surface area contributed by atoms with Crippen molar-refractivity contribution in [1.82, 2.24) is 0 Å². The van der Waals surface area contributed by atoms with Crippen LogP contribution in [0.2, 0.25) is 0 Å². The second-order valence-electron chi connectivity index (χ2n) is 17.0. The highest BCUT2D eigenvalue weighted by atomic mass is 16.7. The number of ether oxygens (including phenoxy) is 2. The Morgan fingerprint density at radius 1 is 0.717 bits per heavy atom. The lowest BCUT2D eigenvalue weighted by Crippen LogP contribution is -2.22. The van der Waals surface area contributed by atoms with E-state index in [0.717, 1.165) is 35.5 Å². The third-order valence-electron chi connectivity index (χ3n) is 10.1. The zero-order valence-corrected chi connectivity index (χ0v) is 31.1. The van der Waals surface area contributed by atoms with Gasteiger partial charge in [0.1, 0.15) is 11.5 Å². The van der Waals surface area contributed by atoms with Gasteiger partial charge in [-0.3, -0.25) is 9.98 Å². The molecule has 4 heteroatoms. The predicted octanol–water partition coefficient (Wildman–Crippen LogP) is 11.2. The molecule has 2 aromatic rings. The molecule has 0 bridgehead atoms. The first-order valence-corrected chi connectivity index (χ1v) is 18.3. The Hall–Kier alpha value is -2.62. The maximum Gasteiger partial charge on any atom is 0.230 e. The van der Waals surface area contributed by atoms with E-state index in [2.05, 4.69) is 113 Å². The van der Waals surface area contributed by atoms with Crippen LogP contribution in [0.1, 0.15) is 154 Å². The number of hydrogen-bond donors (Lipinski definition) is 0. The van der Waals surface area contributed by atoms with E-state index < -0.39 is 0 Å². The van der Waals surface area contributed by atoms with Gasteiger partial charge in [-0.2, -0.15) is 0 Å². The van der Waals surface area contributed by atoms with Gasteiger partial charge in [-0.05, 0) is 96.4 Å². The summed E-state index contributed by atoms with van der Waals surface area (Å²) in [5.74, 6) is 3.54. The van der Waals surface area contributed by atoms with Gasteiger partial charge in [-0.15, -0.1) is 0 Å². The smallest absolute Gasteiger partial charge is 0.230 e. The highest BCUT2D eigenvalue weighted by molar-refractivity contribution is 5.86. The van der Waals surface area contributed by atoms with Crippen molar-refractivity contribution < 1.29 is 9.47 Å². The number of benzene rings is 2. The highest BCUT2D eigenvalue weighted by Gasteiger charge is 2.27. The minimum Gasteiger partial charge on any atom is -0.457 e. The molecule has 2 aromatic carbocycles. The van der Waals surface area contributed by atoms with Crippen LogP contribution in [0, 0.1) is 24.7 Å². The van der Waals surface area contributed by atoms with Crippen LogP contribution in [-0.4, -0.2) is 31.3 Å². The number of nitrogens with zero attached hydrogens (tertiary/aromatic N) is 2. The molecule has 0 heterocycles. The van der Waals surface area contributed by atoms with E-state index in [1.54, 1.807) is 0 Å². The first kappa shape index (κ1) is 36.2. The number of rotatable bonds is 10. The summed E-state index contributed by atoms with van der Waals surface area (Å²) in [5, 5.41) is 0. The fourth-order valence-electron chi connectivity index (χ4n) is 7.18. The monoisotopic (exact) mass is 628 g/mol. The van der Waals surface area contributed by atoms with Crippen molar-refractivity contribution in [3.63, 3.8) is 0 Å². The number of aliphatic imine (C=N–C) groups is 2. The van der Waals surface area contributed by atoms with Crippen LogP contribution < -0.4 is 9.47 Å². The molecule has 4 rings (SSSR count). The van der Waals surface area contributed by atoms with Gasteiger partial charge in [0.05, 0.1) is 12.1 Å². The minimum atomic E-state index is -0.113. The molecule has 254 valence electrons. The molecule has 4 nitrogen and oxygen atoms in total. The predicted molar refractivity (Wildman–Crippen MR) is 198 cm³/mol. The van der Waals surface area contributed by atoms with E-state index in [4.69, 9.17) is 19.5 Å².